The van der Waals surface area contributed by atoms with Gasteiger partial charge in [0, 0.05) is 18.8 Å². The molecule has 1 aromatic rings. The zero-order valence-electron chi connectivity index (χ0n) is 10.7. The van der Waals surface area contributed by atoms with Crippen molar-refractivity contribution in [1.82, 2.24) is 4.90 Å². The van der Waals surface area contributed by atoms with E-state index >= 15 is 0 Å². The molecule has 1 heterocycles. The largest absolute Gasteiger partial charge is 0.334 e. The molecule has 4 heteroatoms. The summed E-state index contributed by atoms with van der Waals surface area (Å²) in [4.78, 5) is 25.1. The van der Waals surface area contributed by atoms with Gasteiger partial charge in [-0.15, -0.1) is 0 Å². The summed E-state index contributed by atoms with van der Waals surface area (Å²) in [5.41, 5.74) is 2.53. The van der Waals surface area contributed by atoms with Crippen LogP contribution in [0.1, 0.15) is 5.56 Å². The van der Waals surface area contributed by atoms with Gasteiger partial charge in [0.25, 0.3) is 0 Å². The van der Waals surface area contributed by atoms with Gasteiger partial charge >= 0.3 is 0 Å². The van der Waals surface area contributed by atoms with Gasteiger partial charge < -0.3 is 10.2 Å². The number of hydrogen-bond donors (Lipinski definition) is 1. The monoisotopic (exact) mass is 256 g/mol. The zero-order valence-corrected chi connectivity index (χ0v) is 10.7. The zero-order chi connectivity index (χ0) is 13.8. The first-order valence-electron chi connectivity index (χ1n) is 6.06. The summed E-state index contributed by atoms with van der Waals surface area (Å²) < 4.78 is 0. The summed E-state index contributed by atoms with van der Waals surface area (Å²) in [5, 5.41) is 2.70. The Balaban J connectivity index is 2.07. The Kier molecular flexibility index (Phi) is 3.80. The number of carbonyl (C=O) groups is 2. The number of hydrogen-bond acceptors (Lipinski definition) is 2. The molecule has 0 saturated carbocycles. The standard InChI is InChI=1S/C15H16N2O2/c1-3-14(18)16-13-7-5-4-6-12(13)8-15(19)17-9-11(2)10-17/h3-7H,1-2,8-10H2,(H,16,18). The molecule has 0 radical (unpaired) electrons. The van der Waals surface area contributed by atoms with Gasteiger partial charge in [-0.3, -0.25) is 9.59 Å². The fourth-order valence-electron chi connectivity index (χ4n) is 1.92. The summed E-state index contributed by atoms with van der Waals surface area (Å²) in [6.45, 7) is 8.49. The lowest BCUT2D eigenvalue weighted by Crippen LogP contribution is -2.44. The summed E-state index contributed by atoms with van der Waals surface area (Å²) >= 11 is 0. The van der Waals surface area contributed by atoms with E-state index in [4.69, 9.17) is 0 Å². The molecular formula is C15H16N2O2. The number of likely N-dealkylation sites (tertiary alicyclic amines) is 1. The molecule has 1 fully saturated rings. The maximum atomic E-state index is 12.0. The maximum Gasteiger partial charge on any atom is 0.247 e. The van der Waals surface area contributed by atoms with Crippen LogP contribution in [0.5, 0.6) is 0 Å². The van der Waals surface area contributed by atoms with Crippen LogP contribution in [0.4, 0.5) is 5.69 Å². The van der Waals surface area contributed by atoms with Crippen LogP contribution in [-0.2, 0) is 16.0 Å². The van der Waals surface area contributed by atoms with E-state index in [9.17, 15) is 9.59 Å². The molecule has 1 aromatic carbocycles. The van der Waals surface area contributed by atoms with Crippen molar-refractivity contribution >= 4 is 17.5 Å². The van der Waals surface area contributed by atoms with Crippen molar-refractivity contribution in [2.75, 3.05) is 18.4 Å². The van der Waals surface area contributed by atoms with Gasteiger partial charge in [0.05, 0.1) is 6.42 Å². The summed E-state index contributed by atoms with van der Waals surface area (Å²) in [6, 6.07) is 7.28. The fraction of sp³-hybridized carbons (Fsp3) is 0.200. The van der Waals surface area contributed by atoms with E-state index < -0.39 is 0 Å². The number of amides is 2. The van der Waals surface area contributed by atoms with Crippen LogP contribution in [0, 0.1) is 0 Å². The molecule has 1 aliphatic rings. The Labute approximate surface area is 112 Å². The number of nitrogens with zero attached hydrogens (tertiary/aromatic N) is 1. The van der Waals surface area contributed by atoms with Gasteiger partial charge in [-0.05, 0) is 23.3 Å². The highest BCUT2D eigenvalue weighted by atomic mass is 16.2. The van der Waals surface area contributed by atoms with E-state index in [2.05, 4.69) is 18.5 Å². The van der Waals surface area contributed by atoms with Crippen LogP contribution in [0.25, 0.3) is 0 Å². The SMILES string of the molecule is C=CC(=O)Nc1ccccc1CC(=O)N1CC(=C)C1. The minimum absolute atomic E-state index is 0.0488. The number of nitrogens with one attached hydrogen (secondary N) is 1. The van der Waals surface area contributed by atoms with Crippen molar-refractivity contribution in [3.63, 3.8) is 0 Å². The Bertz CT molecular complexity index is 541. The second-order valence-electron chi connectivity index (χ2n) is 4.53. The van der Waals surface area contributed by atoms with Crippen LogP contribution in [0.3, 0.4) is 0 Å². The van der Waals surface area contributed by atoms with Gasteiger partial charge in [0.1, 0.15) is 0 Å². The Morgan fingerprint density at radius 3 is 2.63 bits per heavy atom. The van der Waals surface area contributed by atoms with Crippen molar-refractivity contribution in [2.24, 2.45) is 0 Å². The quantitative estimate of drug-likeness (QED) is 0.659. The highest BCUT2D eigenvalue weighted by molar-refractivity contribution is 5.99. The average molecular weight is 256 g/mol. The fourth-order valence-corrected chi connectivity index (χ4v) is 1.92. The first-order chi connectivity index (χ1) is 9.10. The second-order valence-corrected chi connectivity index (χ2v) is 4.53. The van der Waals surface area contributed by atoms with E-state index in [0.29, 0.717) is 18.8 Å². The van der Waals surface area contributed by atoms with Crippen molar-refractivity contribution < 1.29 is 9.59 Å². The third-order valence-corrected chi connectivity index (χ3v) is 2.98. The van der Waals surface area contributed by atoms with Crippen LogP contribution < -0.4 is 5.32 Å². The minimum Gasteiger partial charge on any atom is -0.334 e. The predicted octanol–water partition coefficient (Wildman–Crippen LogP) is 1.75. The smallest absolute Gasteiger partial charge is 0.247 e. The maximum absolute atomic E-state index is 12.0. The lowest BCUT2D eigenvalue weighted by atomic mass is 10.1. The molecule has 1 saturated heterocycles. The van der Waals surface area contributed by atoms with Crippen LogP contribution in [0.2, 0.25) is 0 Å². The van der Waals surface area contributed by atoms with E-state index in [1.54, 1.807) is 11.0 Å². The Morgan fingerprint density at radius 1 is 1.32 bits per heavy atom. The predicted molar refractivity (Wildman–Crippen MR) is 74.7 cm³/mol. The lowest BCUT2D eigenvalue weighted by molar-refractivity contribution is -0.131. The summed E-state index contributed by atoms with van der Waals surface area (Å²) in [5.74, 6) is -0.232. The first-order valence-corrected chi connectivity index (χ1v) is 6.06. The molecule has 0 spiro atoms. The van der Waals surface area contributed by atoms with Crippen molar-refractivity contribution in [3.8, 4) is 0 Å². The Morgan fingerprint density at radius 2 is 2.00 bits per heavy atom. The van der Waals surface area contributed by atoms with Gasteiger partial charge in [-0.1, -0.05) is 31.4 Å². The van der Waals surface area contributed by atoms with Crippen LogP contribution >= 0.6 is 0 Å². The van der Waals surface area contributed by atoms with Gasteiger partial charge in [0.2, 0.25) is 11.8 Å². The molecule has 1 aliphatic heterocycles. The third-order valence-electron chi connectivity index (χ3n) is 2.98. The molecule has 4 nitrogen and oxygen atoms in total. The highest BCUT2D eigenvalue weighted by Crippen LogP contribution is 2.19. The van der Waals surface area contributed by atoms with E-state index in [1.807, 2.05) is 18.2 Å². The van der Waals surface area contributed by atoms with Gasteiger partial charge in [-0.25, -0.2) is 0 Å². The number of rotatable bonds is 4. The summed E-state index contributed by atoms with van der Waals surface area (Å²) in [6.07, 6.45) is 1.49. The molecule has 1 N–H and O–H groups in total. The van der Waals surface area contributed by atoms with E-state index in [0.717, 1.165) is 11.1 Å². The molecule has 0 unspecified atom stereocenters. The molecule has 98 valence electrons. The molecule has 0 bridgehead atoms. The van der Waals surface area contributed by atoms with Crippen LogP contribution in [-0.4, -0.2) is 29.8 Å². The second kappa shape index (κ2) is 5.52. The normalized spacial score (nSPS) is 13.7. The third kappa shape index (κ3) is 3.10. The minimum atomic E-state index is -0.280. The number of para-hydroxylation sites is 1. The molecule has 2 rings (SSSR count). The van der Waals surface area contributed by atoms with Gasteiger partial charge in [0.15, 0.2) is 0 Å². The van der Waals surface area contributed by atoms with Crippen molar-refractivity contribution in [2.45, 2.75) is 6.42 Å². The molecule has 0 aliphatic carbocycles. The molecule has 2 amide bonds. The molecule has 19 heavy (non-hydrogen) atoms. The summed E-state index contributed by atoms with van der Waals surface area (Å²) in [7, 11) is 0. The molecular weight excluding hydrogens is 240 g/mol. The van der Waals surface area contributed by atoms with Crippen molar-refractivity contribution in [1.29, 1.82) is 0 Å². The number of benzene rings is 1. The molecule has 0 atom stereocenters. The molecule has 0 aromatic heterocycles. The highest BCUT2D eigenvalue weighted by Gasteiger charge is 2.24. The van der Waals surface area contributed by atoms with Crippen LogP contribution in [0.15, 0.2) is 49.1 Å². The van der Waals surface area contributed by atoms with Crippen molar-refractivity contribution in [3.05, 3.63) is 54.6 Å². The topological polar surface area (TPSA) is 49.4 Å². The van der Waals surface area contributed by atoms with E-state index in [-0.39, 0.29) is 18.2 Å². The Hall–Kier alpha value is -2.36. The first kappa shape index (κ1) is 13.1. The van der Waals surface area contributed by atoms with Gasteiger partial charge in [-0.2, -0.15) is 0 Å². The number of carbonyl (C=O) groups excluding carboxylic acids is 2. The van der Waals surface area contributed by atoms with E-state index in [1.165, 1.54) is 6.08 Å². The average Bonchev–Trinajstić information content (AvgIpc) is 2.37. The number of anilines is 1. The lowest BCUT2D eigenvalue weighted by Gasteiger charge is -2.33.